The summed E-state index contributed by atoms with van der Waals surface area (Å²) in [6.45, 7) is 2.10. The summed E-state index contributed by atoms with van der Waals surface area (Å²) in [4.78, 5) is -0.978. The molecule has 1 saturated heterocycles. The van der Waals surface area contributed by atoms with Gasteiger partial charge in [-0.15, -0.1) is 0 Å². The number of nitrogens with zero attached hydrogens (tertiary/aromatic N) is 1. The van der Waals surface area contributed by atoms with Gasteiger partial charge in [0, 0.05) is 12.6 Å². The van der Waals surface area contributed by atoms with E-state index in [0.29, 0.717) is 12.6 Å². The normalized spacial score (nSPS) is 21.4. The average Bonchev–Trinajstić information content (AvgIpc) is 2.37. The molecule has 2 rings (SSSR count). The Morgan fingerprint density at radius 2 is 1.90 bits per heavy atom. The number of piperidine rings is 1. The van der Waals surface area contributed by atoms with E-state index in [9.17, 15) is 21.2 Å². The molecule has 0 aliphatic carbocycles. The number of hydrogen-bond acceptors (Lipinski definition) is 4. The second-order valence-electron chi connectivity index (χ2n) is 5.10. The second kappa shape index (κ2) is 5.64. The minimum absolute atomic E-state index is 0.207. The summed E-state index contributed by atoms with van der Waals surface area (Å²) in [5.74, 6) is -1.11. The molecule has 0 spiro atoms. The predicted octanol–water partition coefficient (Wildman–Crippen LogP) is 1.04. The molecule has 1 aliphatic rings. The van der Waals surface area contributed by atoms with Gasteiger partial charge in [-0.1, -0.05) is 6.42 Å². The van der Waals surface area contributed by atoms with Crippen LogP contribution in [0.4, 0.5) is 4.39 Å². The minimum atomic E-state index is -4.07. The molecule has 1 aliphatic heterocycles. The van der Waals surface area contributed by atoms with E-state index in [0.717, 1.165) is 31.4 Å². The van der Waals surface area contributed by atoms with Gasteiger partial charge < -0.3 is 0 Å². The van der Waals surface area contributed by atoms with Crippen LogP contribution in [0.25, 0.3) is 0 Å². The summed E-state index contributed by atoms with van der Waals surface area (Å²) in [6, 6.07) is 2.38. The van der Waals surface area contributed by atoms with Crippen LogP contribution in [0.15, 0.2) is 28.0 Å². The van der Waals surface area contributed by atoms with Crippen LogP contribution in [-0.2, 0) is 20.0 Å². The highest BCUT2D eigenvalue weighted by Crippen LogP contribution is 2.27. The first-order valence-corrected chi connectivity index (χ1v) is 9.47. The molecule has 1 heterocycles. The van der Waals surface area contributed by atoms with Crippen molar-refractivity contribution in [3.63, 3.8) is 0 Å². The zero-order chi connectivity index (χ0) is 15.8. The smallest absolute Gasteiger partial charge is 0.225 e. The lowest BCUT2D eigenvalue weighted by molar-refractivity contribution is 0.268. The van der Waals surface area contributed by atoms with E-state index in [2.05, 4.69) is 0 Å². The van der Waals surface area contributed by atoms with Gasteiger partial charge in [0.2, 0.25) is 20.0 Å². The molecule has 0 aromatic heterocycles. The molecule has 0 saturated carbocycles. The lowest BCUT2D eigenvalue weighted by atomic mass is 10.1. The monoisotopic (exact) mass is 336 g/mol. The van der Waals surface area contributed by atoms with Crippen LogP contribution < -0.4 is 5.14 Å². The lowest BCUT2D eigenvalue weighted by Gasteiger charge is -2.32. The first kappa shape index (κ1) is 16.3. The number of benzene rings is 1. The number of nitrogens with two attached hydrogens (primary N) is 1. The van der Waals surface area contributed by atoms with Gasteiger partial charge in [0.05, 0.1) is 4.90 Å². The Labute approximate surface area is 123 Å². The highest BCUT2D eigenvalue weighted by molar-refractivity contribution is 7.89. The van der Waals surface area contributed by atoms with Gasteiger partial charge in [-0.3, -0.25) is 0 Å². The van der Waals surface area contributed by atoms with E-state index < -0.39 is 35.7 Å². The molecule has 1 aromatic rings. The third-order valence-electron chi connectivity index (χ3n) is 3.56. The van der Waals surface area contributed by atoms with E-state index >= 15 is 0 Å². The Balaban J connectivity index is 2.46. The summed E-state index contributed by atoms with van der Waals surface area (Å²) in [5.41, 5.74) is 0. The van der Waals surface area contributed by atoms with Crippen molar-refractivity contribution in [1.29, 1.82) is 0 Å². The molecule has 1 atom stereocenters. The molecule has 1 unspecified atom stereocenters. The minimum Gasteiger partial charge on any atom is -0.225 e. The van der Waals surface area contributed by atoms with Crippen molar-refractivity contribution in [2.24, 2.45) is 5.14 Å². The number of hydrogen-bond donors (Lipinski definition) is 1. The Bertz CT molecular complexity index is 747. The molecule has 118 valence electrons. The largest absolute Gasteiger partial charge is 0.246 e. The quantitative estimate of drug-likeness (QED) is 0.891. The van der Waals surface area contributed by atoms with Crippen molar-refractivity contribution >= 4 is 20.0 Å². The summed E-state index contributed by atoms with van der Waals surface area (Å²) in [6.07, 6.45) is 2.37. The summed E-state index contributed by atoms with van der Waals surface area (Å²) < 4.78 is 62.6. The molecule has 0 bridgehead atoms. The van der Waals surface area contributed by atoms with Crippen molar-refractivity contribution in [2.45, 2.75) is 42.0 Å². The third-order valence-corrected chi connectivity index (χ3v) is 6.52. The van der Waals surface area contributed by atoms with Gasteiger partial charge in [0.25, 0.3) is 0 Å². The van der Waals surface area contributed by atoms with Crippen LogP contribution >= 0.6 is 0 Å². The van der Waals surface area contributed by atoms with Crippen LogP contribution in [-0.4, -0.2) is 33.7 Å². The van der Waals surface area contributed by atoms with Gasteiger partial charge >= 0.3 is 0 Å². The number of primary sulfonamides is 1. The van der Waals surface area contributed by atoms with Crippen molar-refractivity contribution in [3.05, 3.63) is 24.0 Å². The molecule has 6 nitrogen and oxygen atoms in total. The van der Waals surface area contributed by atoms with Gasteiger partial charge in [-0.25, -0.2) is 26.4 Å². The Kier molecular flexibility index (Phi) is 4.39. The first-order valence-electron chi connectivity index (χ1n) is 6.48. The van der Waals surface area contributed by atoms with Gasteiger partial charge in [0.1, 0.15) is 10.7 Å². The standard InChI is InChI=1S/C12H17FN2O4S2/c1-9-4-2-3-7-15(9)21(18,19)12-6-5-10(8-11(12)13)20(14,16)17/h5-6,8-9H,2-4,7H2,1H3,(H2,14,16,17). The topological polar surface area (TPSA) is 97.5 Å². The summed E-state index contributed by atoms with van der Waals surface area (Å²) in [5, 5.41) is 4.90. The fourth-order valence-corrected chi connectivity index (χ4v) is 4.70. The number of rotatable bonds is 3. The Hall–Kier alpha value is -1.03. The molecular formula is C12H17FN2O4S2. The predicted molar refractivity (Wildman–Crippen MR) is 75.0 cm³/mol. The first-order chi connectivity index (χ1) is 9.64. The molecule has 2 N–H and O–H groups in total. The van der Waals surface area contributed by atoms with Crippen molar-refractivity contribution in [2.75, 3.05) is 6.54 Å². The van der Waals surface area contributed by atoms with E-state index in [1.54, 1.807) is 6.92 Å². The zero-order valence-electron chi connectivity index (χ0n) is 11.5. The summed E-state index contributed by atoms with van der Waals surface area (Å²) >= 11 is 0. The summed E-state index contributed by atoms with van der Waals surface area (Å²) in [7, 11) is -8.05. The average molecular weight is 336 g/mol. The van der Waals surface area contributed by atoms with Crippen molar-refractivity contribution in [1.82, 2.24) is 4.31 Å². The van der Waals surface area contributed by atoms with E-state index in [1.165, 1.54) is 4.31 Å². The Morgan fingerprint density at radius 3 is 2.43 bits per heavy atom. The zero-order valence-corrected chi connectivity index (χ0v) is 13.1. The van der Waals surface area contributed by atoms with E-state index in [1.807, 2.05) is 0 Å². The highest BCUT2D eigenvalue weighted by Gasteiger charge is 2.33. The molecule has 1 fully saturated rings. The van der Waals surface area contributed by atoms with Crippen LogP contribution in [0.2, 0.25) is 0 Å². The van der Waals surface area contributed by atoms with E-state index in [-0.39, 0.29) is 6.04 Å². The third kappa shape index (κ3) is 3.25. The molecule has 9 heteroatoms. The molecule has 21 heavy (non-hydrogen) atoms. The highest BCUT2D eigenvalue weighted by atomic mass is 32.2. The van der Waals surface area contributed by atoms with Crippen LogP contribution in [0.5, 0.6) is 0 Å². The number of halogens is 1. The van der Waals surface area contributed by atoms with Gasteiger partial charge in [0.15, 0.2) is 0 Å². The van der Waals surface area contributed by atoms with Gasteiger partial charge in [-0.05, 0) is 38.0 Å². The molecular weight excluding hydrogens is 319 g/mol. The van der Waals surface area contributed by atoms with Crippen LogP contribution in [0, 0.1) is 5.82 Å². The molecule has 1 aromatic carbocycles. The second-order valence-corrected chi connectivity index (χ2v) is 8.52. The number of sulfonamides is 2. The lowest BCUT2D eigenvalue weighted by Crippen LogP contribution is -2.42. The van der Waals surface area contributed by atoms with Crippen LogP contribution in [0.1, 0.15) is 26.2 Å². The maximum Gasteiger partial charge on any atom is 0.246 e. The molecule has 0 radical (unpaired) electrons. The van der Waals surface area contributed by atoms with E-state index in [4.69, 9.17) is 5.14 Å². The maximum absolute atomic E-state index is 14.0. The van der Waals surface area contributed by atoms with Crippen molar-refractivity contribution < 1.29 is 21.2 Å². The Morgan fingerprint density at radius 1 is 1.24 bits per heavy atom. The van der Waals surface area contributed by atoms with Gasteiger partial charge in [-0.2, -0.15) is 4.31 Å². The SMILES string of the molecule is CC1CCCCN1S(=O)(=O)c1ccc(S(N)(=O)=O)cc1F. The van der Waals surface area contributed by atoms with Crippen LogP contribution in [0.3, 0.4) is 0 Å². The maximum atomic E-state index is 14.0. The molecule has 0 amide bonds. The fourth-order valence-electron chi connectivity index (χ4n) is 2.42. The fraction of sp³-hybridized carbons (Fsp3) is 0.500. The van der Waals surface area contributed by atoms with Crippen molar-refractivity contribution in [3.8, 4) is 0 Å².